The van der Waals surface area contributed by atoms with Gasteiger partial charge in [0.15, 0.2) is 0 Å². The van der Waals surface area contributed by atoms with Crippen LogP contribution in [0.25, 0.3) is 0 Å². The van der Waals surface area contributed by atoms with Gasteiger partial charge in [0.05, 0.1) is 12.3 Å². The normalized spacial score (nSPS) is 19.4. The molecule has 1 fully saturated rings. The average Bonchev–Trinajstić information content (AvgIpc) is 2.74. The van der Waals surface area contributed by atoms with E-state index < -0.39 is 0 Å². The molecule has 1 heterocycles. The SMILES string of the molecule is Cn1cc(CCC(O)CC2CCCCC2)cn1. The van der Waals surface area contributed by atoms with Crippen molar-refractivity contribution in [3.05, 3.63) is 18.0 Å². The second-order valence-corrected chi connectivity index (χ2v) is 5.45. The summed E-state index contributed by atoms with van der Waals surface area (Å²) < 4.78 is 1.82. The Morgan fingerprint density at radius 3 is 2.82 bits per heavy atom. The van der Waals surface area contributed by atoms with Crippen LogP contribution in [0.5, 0.6) is 0 Å². The first-order valence-corrected chi connectivity index (χ1v) is 6.89. The Labute approximate surface area is 104 Å². The fourth-order valence-electron chi connectivity index (χ4n) is 2.86. The molecule has 3 heteroatoms. The van der Waals surface area contributed by atoms with Crippen molar-refractivity contribution >= 4 is 0 Å². The molecule has 1 aromatic rings. The number of rotatable bonds is 5. The average molecular weight is 236 g/mol. The van der Waals surface area contributed by atoms with Crippen LogP contribution in [-0.4, -0.2) is 21.0 Å². The monoisotopic (exact) mass is 236 g/mol. The molecule has 1 aliphatic rings. The second kappa shape index (κ2) is 6.20. The first kappa shape index (κ1) is 12.6. The lowest BCUT2D eigenvalue weighted by atomic mass is 9.84. The van der Waals surface area contributed by atoms with Crippen molar-refractivity contribution in [1.29, 1.82) is 0 Å². The zero-order chi connectivity index (χ0) is 12.1. The van der Waals surface area contributed by atoms with Crippen molar-refractivity contribution < 1.29 is 5.11 Å². The summed E-state index contributed by atoms with van der Waals surface area (Å²) >= 11 is 0. The van der Waals surface area contributed by atoms with Gasteiger partial charge < -0.3 is 5.11 Å². The Morgan fingerprint density at radius 2 is 2.18 bits per heavy atom. The van der Waals surface area contributed by atoms with Gasteiger partial charge in [0.25, 0.3) is 0 Å². The molecule has 0 spiro atoms. The highest BCUT2D eigenvalue weighted by atomic mass is 16.3. The molecule has 96 valence electrons. The number of aryl methyl sites for hydroxylation is 2. The van der Waals surface area contributed by atoms with E-state index in [-0.39, 0.29) is 6.10 Å². The molecule has 1 aliphatic carbocycles. The topological polar surface area (TPSA) is 38.0 Å². The summed E-state index contributed by atoms with van der Waals surface area (Å²) in [5, 5.41) is 14.2. The third kappa shape index (κ3) is 4.15. The predicted octanol–water partition coefficient (Wildman–Crippen LogP) is 2.68. The van der Waals surface area contributed by atoms with E-state index in [4.69, 9.17) is 0 Å². The molecule has 0 aliphatic heterocycles. The van der Waals surface area contributed by atoms with E-state index in [2.05, 4.69) is 5.10 Å². The molecule has 17 heavy (non-hydrogen) atoms. The van der Waals surface area contributed by atoms with Gasteiger partial charge in [-0.15, -0.1) is 0 Å². The van der Waals surface area contributed by atoms with E-state index in [1.807, 2.05) is 24.1 Å². The highest BCUT2D eigenvalue weighted by molar-refractivity contribution is 5.03. The molecule has 0 aromatic carbocycles. The first-order chi connectivity index (χ1) is 8.24. The van der Waals surface area contributed by atoms with E-state index in [9.17, 15) is 5.11 Å². The van der Waals surface area contributed by atoms with Crippen LogP contribution in [-0.2, 0) is 13.5 Å². The van der Waals surface area contributed by atoms with E-state index in [0.717, 1.165) is 25.2 Å². The van der Waals surface area contributed by atoms with E-state index in [1.165, 1.54) is 37.7 Å². The maximum atomic E-state index is 10.0. The number of nitrogens with zero attached hydrogens (tertiary/aromatic N) is 2. The van der Waals surface area contributed by atoms with Gasteiger partial charge in [-0.25, -0.2) is 0 Å². The summed E-state index contributed by atoms with van der Waals surface area (Å²) in [5.74, 6) is 0.771. The summed E-state index contributed by atoms with van der Waals surface area (Å²) in [6, 6.07) is 0. The molecule has 2 rings (SSSR count). The fraction of sp³-hybridized carbons (Fsp3) is 0.786. The largest absolute Gasteiger partial charge is 0.393 e. The minimum absolute atomic E-state index is 0.127. The van der Waals surface area contributed by atoms with Crippen molar-refractivity contribution in [2.75, 3.05) is 0 Å². The maximum Gasteiger partial charge on any atom is 0.0546 e. The molecule has 0 bridgehead atoms. The van der Waals surface area contributed by atoms with Gasteiger partial charge in [0.2, 0.25) is 0 Å². The highest BCUT2D eigenvalue weighted by Gasteiger charge is 2.17. The standard InChI is InChI=1S/C14H24N2O/c1-16-11-13(10-15-16)7-8-14(17)9-12-5-3-2-4-6-12/h10-12,14,17H,2-9H2,1H3. The van der Waals surface area contributed by atoms with Crippen LogP contribution in [0, 0.1) is 5.92 Å². The molecule has 1 unspecified atom stereocenters. The van der Waals surface area contributed by atoms with E-state index >= 15 is 0 Å². The van der Waals surface area contributed by atoms with Gasteiger partial charge in [-0.1, -0.05) is 32.1 Å². The zero-order valence-electron chi connectivity index (χ0n) is 10.8. The lowest BCUT2D eigenvalue weighted by Gasteiger charge is -2.23. The summed E-state index contributed by atoms with van der Waals surface area (Å²) in [7, 11) is 1.93. The van der Waals surface area contributed by atoms with E-state index in [1.54, 1.807) is 0 Å². The molecule has 3 nitrogen and oxygen atoms in total. The van der Waals surface area contributed by atoms with Gasteiger partial charge >= 0.3 is 0 Å². The molecule has 1 saturated carbocycles. The summed E-state index contributed by atoms with van der Waals surface area (Å²) in [6.45, 7) is 0. The zero-order valence-corrected chi connectivity index (χ0v) is 10.8. The third-order valence-electron chi connectivity index (χ3n) is 3.85. The first-order valence-electron chi connectivity index (χ1n) is 6.89. The van der Waals surface area contributed by atoms with Gasteiger partial charge in [0, 0.05) is 13.2 Å². The molecule has 1 aromatic heterocycles. The summed E-state index contributed by atoms with van der Waals surface area (Å²) in [4.78, 5) is 0. The van der Waals surface area contributed by atoms with Crippen LogP contribution in [0.4, 0.5) is 0 Å². The molecular weight excluding hydrogens is 212 g/mol. The predicted molar refractivity (Wildman–Crippen MR) is 68.7 cm³/mol. The minimum Gasteiger partial charge on any atom is -0.393 e. The van der Waals surface area contributed by atoms with Crippen LogP contribution in [0.3, 0.4) is 0 Å². The Kier molecular flexibility index (Phi) is 4.60. The van der Waals surface area contributed by atoms with Crippen molar-refractivity contribution in [3.63, 3.8) is 0 Å². The van der Waals surface area contributed by atoms with Crippen LogP contribution in [0.2, 0.25) is 0 Å². The Bertz CT molecular complexity index is 329. The number of hydrogen-bond donors (Lipinski definition) is 1. The van der Waals surface area contributed by atoms with Gasteiger partial charge in [0.1, 0.15) is 0 Å². The molecule has 1 atom stereocenters. The van der Waals surface area contributed by atoms with Gasteiger partial charge in [-0.2, -0.15) is 5.10 Å². The molecular formula is C14H24N2O. The molecule has 1 N–H and O–H groups in total. The molecule has 0 radical (unpaired) electrons. The molecule has 0 amide bonds. The van der Waals surface area contributed by atoms with Crippen molar-refractivity contribution in [2.45, 2.75) is 57.5 Å². The Hall–Kier alpha value is -0.830. The number of aromatic nitrogens is 2. The number of aliphatic hydroxyl groups excluding tert-OH is 1. The third-order valence-corrected chi connectivity index (χ3v) is 3.85. The number of hydrogen-bond acceptors (Lipinski definition) is 2. The van der Waals surface area contributed by atoms with Crippen LogP contribution >= 0.6 is 0 Å². The molecule has 0 saturated heterocycles. The van der Waals surface area contributed by atoms with Crippen molar-refractivity contribution in [1.82, 2.24) is 9.78 Å². The van der Waals surface area contributed by atoms with Crippen molar-refractivity contribution in [2.24, 2.45) is 13.0 Å². The lowest BCUT2D eigenvalue weighted by Crippen LogP contribution is -2.16. The Morgan fingerprint density at radius 1 is 1.41 bits per heavy atom. The minimum atomic E-state index is -0.127. The second-order valence-electron chi connectivity index (χ2n) is 5.45. The van der Waals surface area contributed by atoms with E-state index in [0.29, 0.717) is 0 Å². The van der Waals surface area contributed by atoms with Crippen LogP contribution < -0.4 is 0 Å². The van der Waals surface area contributed by atoms with Crippen LogP contribution in [0.1, 0.15) is 50.5 Å². The maximum absolute atomic E-state index is 10.0. The Balaban J connectivity index is 1.68. The fourth-order valence-corrected chi connectivity index (χ4v) is 2.86. The van der Waals surface area contributed by atoms with Crippen molar-refractivity contribution in [3.8, 4) is 0 Å². The lowest BCUT2D eigenvalue weighted by molar-refractivity contribution is 0.122. The highest BCUT2D eigenvalue weighted by Crippen LogP contribution is 2.28. The van der Waals surface area contributed by atoms with Gasteiger partial charge in [-0.05, 0) is 30.7 Å². The summed E-state index contributed by atoms with van der Waals surface area (Å²) in [6.07, 6.45) is 13.4. The van der Waals surface area contributed by atoms with Gasteiger partial charge in [-0.3, -0.25) is 4.68 Å². The number of aliphatic hydroxyl groups is 1. The smallest absolute Gasteiger partial charge is 0.0546 e. The summed E-state index contributed by atoms with van der Waals surface area (Å²) in [5.41, 5.74) is 1.23. The van der Waals surface area contributed by atoms with Crippen LogP contribution in [0.15, 0.2) is 12.4 Å². The quantitative estimate of drug-likeness (QED) is 0.853.